The van der Waals surface area contributed by atoms with Gasteiger partial charge in [-0.15, -0.1) is 0 Å². The first-order chi connectivity index (χ1) is 31.0. The van der Waals surface area contributed by atoms with Crippen molar-refractivity contribution in [2.24, 2.45) is 0 Å². The number of hydrogen-bond acceptors (Lipinski definition) is 6. The van der Waals surface area contributed by atoms with E-state index in [-0.39, 0.29) is 31.1 Å². The lowest BCUT2D eigenvalue weighted by Crippen LogP contribution is -2.30. The van der Waals surface area contributed by atoms with Gasteiger partial charge in [-0.1, -0.05) is 263 Å². The van der Waals surface area contributed by atoms with Crippen LogP contribution >= 0.6 is 0 Å². The van der Waals surface area contributed by atoms with E-state index in [0.717, 1.165) is 77.0 Å². The number of unbranched alkanes of at least 4 members (excludes halogenated alkanes) is 35. The minimum atomic E-state index is -0.775. The quantitative estimate of drug-likeness (QED) is 0.0262. The summed E-state index contributed by atoms with van der Waals surface area (Å²) in [5.41, 5.74) is 0. The molecule has 0 fully saturated rings. The van der Waals surface area contributed by atoms with Crippen LogP contribution < -0.4 is 0 Å². The maximum Gasteiger partial charge on any atom is 0.306 e. The molecule has 0 aliphatic carbocycles. The summed E-state index contributed by atoms with van der Waals surface area (Å²) >= 11 is 0. The topological polar surface area (TPSA) is 78.9 Å². The van der Waals surface area contributed by atoms with Crippen LogP contribution in [-0.4, -0.2) is 37.2 Å². The fourth-order valence-corrected chi connectivity index (χ4v) is 8.03. The molecule has 0 saturated carbocycles. The predicted molar refractivity (Wildman–Crippen MR) is 270 cm³/mol. The van der Waals surface area contributed by atoms with E-state index in [9.17, 15) is 14.4 Å². The third kappa shape index (κ3) is 50.5. The lowest BCUT2D eigenvalue weighted by Gasteiger charge is -2.18. The highest BCUT2D eigenvalue weighted by molar-refractivity contribution is 5.71. The summed E-state index contributed by atoms with van der Waals surface area (Å²) in [4.78, 5) is 38.0. The Labute approximate surface area is 391 Å². The van der Waals surface area contributed by atoms with E-state index in [4.69, 9.17) is 14.2 Å². The monoisotopic (exact) mass is 885 g/mol. The molecule has 0 aromatic rings. The van der Waals surface area contributed by atoms with Crippen molar-refractivity contribution in [3.8, 4) is 0 Å². The fourth-order valence-electron chi connectivity index (χ4n) is 8.03. The number of hydrogen-bond donors (Lipinski definition) is 0. The van der Waals surface area contributed by atoms with Gasteiger partial charge in [-0.25, -0.2) is 0 Å². The van der Waals surface area contributed by atoms with Crippen molar-refractivity contribution in [3.63, 3.8) is 0 Å². The maximum absolute atomic E-state index is 12.8. The Kier molecular flexibility index (Phi) is 50.3. The SMILES string of the molecule is CCCCCCC\C=C/C=C\C=C/CCCCCCCC(=O)OCC(COC(=O)CCCCCCCCCCCCCC)OC(=O)CCCCCCCCCCCCCCCCC. The molecule has 0 rings (SSSR count). The van der Waals surface area contributed by atoms with Crippen LogP contribution in [0, 0.1) is 0 Å². The molecule has 6 heteroatoms. The van der Waals surface area contributed by atoms with Crippen LogP contribution in [0.4, 0.5) is 0 Å². The molecular weight excluding hydrogens is 781 g/mol. The summed E-state index contributed by atoms with van der Waals surface area (Å²) in [6, 6.07) is 0. The Hall–Kier alpha value is -2.37. The largest absolute Gasteiger partial charge is 0.462 e. The van der Waals surface area contributed by atoms with E-state index < -0.39 is 6.10 Å². The molecule has 0 amide bonds. The van der Waals surface area contributed by atoms with Crippen LogP contribution in [0.15, 0.2) is 36.5 Å². The van der Waals surface area contributed by atoms with Crippen LogP contribution in [0.5, 0.6) is 0 Å². The highest BCUT2D eigenvalue weighted by atomic mass is 16.6. The van der Waals surface area contributed by atoms with Gasteiger partial charge in [0.15, 0.2) is 6.10 Å². The van der Waals surface area contributed by atoms with Crippen molar-refractivity contribution in [2.75, 3.05) is 13.2 Å². The van der Waals surface area contributed by atoms with Crippen LogP contribution in [0.25, 0.3) is 0 Å². The molecule has 0 heterocycles. The van der Waals surface area contributed by atoms with Crippen LogP contribution in [0.2, 0.25) is 0 Å². The van der Waals surface area contributed by atoms with Gasteiger partial charge in [-0.3, -0.25) is 14.4 Å². The van der Waals surface area contributed by atoms with Gasteiger partial charge in [0.1, 0.15) is 13.2 Å². The molecule has 0 aliphatic heterocycles. The number of ether oxygens (including phenoxy) is 3. The zero-order valence-electron chi connectivity index (χ0n) is 42.1. The van der Waals surface area contributed by atoms with Crippen LogP contribution in [-0.2, 0) is 28.6 Å². The average molecular weight is 885 g/mol. The maximum atomic E-state index is 12.8. The molecule has 63 heavy (non-hydrogen) atoms. The average Bonchev–Trinajstić information content (AvgIpc) is 3.28. The molecule has 0 radical (unpaired) electrons. The summed E-state index contributed by atoms with van der Waals surface area (Å²) < 4.78 is 16.8. The summed E-state index contributed by atoms with van der Waals surface area (Å²) in [7, 11) is 0. The van der Waals surface area contributed by atoms with Crippen molar-refractivity contribution in [1.82, 2.24) is 0 Å². The second-order valence-corrected chi connectivity index (χ2v) is 18.6. The van der Waals surface area contributed by atoms with Crippen molar-refractivity contribution in [2.45, 2.75) is 297 Å². The highest BCUT2D eigenvalue weighted by Crippen LogP contribution is 2.16. The summed E-state index contributed by atoms with van der Waals surface area (Å²) in [5, 5.41) is 0. The lowest BCUT2D eigenvalue weighted by atomic mass is 10.0. The van der Waals surface area contributed by atoms with E-state index in [2.05, 4.69) is 57.2 Å². The second-order valence-electron chi connectivity index (χ2n) is 18.6. The van der Waals surface area contributed by atoms with Crippen molar-refractivity contribution < 1.29 is 28.6 Å². The van der Waals surface area contributed by atoms with E-state index in [1.165, 1.54) is 173 Å². The summed E-state index contributed by atoms with van der Waals surface area (Å²) in [6.45, 7) is 6.63. The number of rotatable bonds is 50. The normalized spacial score (nSPS) is 12.2. The van der Waals surface area contributed by atoms with Crippen molar-refractivity contribution in [3.05, 3.63) is 36.5 Å². The first-order valence-corrected chi connectivity index (χ1v) is 27.5. The molecule has 0 spiro atoms. The Morgan fingerprint density at radius 2 is 0.571 bits per heavy atom. The molecule has 6 nitrogen and oxygen atoms in total. The molecular formula is C57H104O6. The van der Waals surface area contributed by atoms with E-state index >= 15 is 0 Å². The molecule has 1 atom stereocenters. The first kappa shape index (κ1) is 60.6. The van der Waals surface area contributed by atoms with Gasteiger partial charge in [-0.2, -0.15) is 0 Å². The number of allylic oxidation sites excluding steroid dienone is 6. The highest BCUT2D eigenvalue weighted by Gasteiger charge is 2.19. The molecule has 1 unspecified atom stereocenters. The molecule has 0 aromatic heterocycles. The van der Waals surface area contributed by atoms with E-state index in [1.54, 1.807) is 0 Å². The lowest BCUT2D eigenvalue weighted by molar-refractivity contribution is -0.167. The van der Waals surface area contributed by atoms with Gasteiger partial charge >= 0.3 is 17.9 Å². The minimum Gasteiger partial charge on any atom is -0.462 e. The van der Waals surface area contributed by atoms with Crippen LogP contribution in [0.3, 0.4) is 0 Å². The third-order valence-electron chi connectivity index (χ3n) is 12.2. The molecule has 0 N–H and O–H groups in total. The van der Waals surface area contributed by atoms with E-state index in [0.29, 0.717) is 19.3 Å². The summed E-state index contributed by atoms with van der Waals surface area (Å²) in [6.07, 6.45) is 61.2. The molecule has 0 bridgehead atoms. The minimum absolute atomic E-state index is 0.0743. The first-order valence-electron chi connectivity index (χ1n) is 27.5. The van der Waals surface area contributed by atoms with Crippen molar-refractivity contribution >= 4 is 17.9 Å². The predicted octanol–water partition coefficient (Wildman–Crippen LogP) is 18.1. The fraction of sp³-hybridized carbons (Fsp3) is 0.842. The Balaban J connectivity index is 4.37. The van der Waals surface area contributed by atoms with Gasteiger partial charge in [0.25, 0.3) is 0 Å². The summed E-state index contributed by atoms with van der Waals surface area (Å²) in [5.74, 6) is -0.879. The Morgan fingerprint density at radius 1 is 0.317 bits per heavy atom. The second kappa shape index (κ2) is 52.3. The molecule has 368 valence electrons. The molecule has 0 aliphatic rings. The van der Waals surface area contributed by atoms with Crippen LogP contribution in [0.1, 0.15) is 290 Å². The van der Waals surface area contributed by atoms with Crippen molar-refractivity contribution in [1.29, 1.82) is 0 Å². The smallest absolute Gasteiger partial charge is 0.306 e. The number of esters is 3. The molecule has 0 saturated heterocycles. The number of carbonyl (C=O) groups excluding carboxylic acids is 3. The van der Waals surface area contributed by atoms with Gasteiger partial charge in [0, 0.05) is 19.3 Å². The van der Waals surface area contributed by atoms with Gasteiger partial charge < -0.3 is 14.2 Å². The third-order valence-corrected chi connectivity index (χ3v) is 12.2. The zero-order chi connectivity index (χ0) is 45.8. The molecule has 0 aromatic carbocycles. The standard InChI is InChI=1S/C57H104O6/c1-4-7-10-13-16-19-22-25-27-28-29-31-32-35-38-41-44-47-50-56(59)62-53-54(52-61-55(58)49-46-43-40-37-34-24-21-18-15-12-9-6-3)63-57(60)51-48-45-42-39-36-33-30-26-23-20-17-14-11-8-5-2/h22,25,27-29,31,54H,4-21,23-24,26,30,32-53H2,1-3H3/b25-22-,28-27-,31-29-. The Morgan fingerprint density at radius 3 is 0.873 bits per heavy atom. The van der Waals surface area contributed by atoms with Gasteiger partial charge in [0.05, 0.1) is 0 Å². The van der Waals surface area contributed by atoms with Gasteiger partial charge in [0.2, 0.25) is 0 Å². The zero-order valence-corrected chi connectivity index (χ0v) is 42.1. The number of carbonyl (C=O) groups is 3. The van der Waals surface area contributed by atoms with Gasteiger partial charge in [-0.05, 0) is 44.9 Å². The Bertz CT molecular complexity index is 1060. The van der Waals surface area contributed by atoms with E-state index in [1.807, 2.05) is 0 Å².